The monoisotopic (exact) mass is 331 g/mol. The van der Waals surface area contributed by atoms with Crippen molar-refractivity contribution in [2.75, 3.05) is 7.11 Å². The maximum atomic E-state index is 6.19. The molecule has 2 nitrogen and oxygen atoms in total. The Bertz CT molecular complexity index is 529. The van der Waals surface area contributed by atoms with Crippen LogP contribution in [0.5, 0.6) is 5.75 Å². The second-order valence-electron chi connectivity index (χ2n) is 3.50. The van der Waals surface area contributed by atoms with Crippen LogP contribution in [0, 0.1) is 0 Å². The average molecular weight is 333 g/mol. The molecule has 0 radical (unpaired) electrons. The van der Waals surface area contributed by atoms with Crippen molar-refractivity contribution in [3.63, 3.8) is 0 Å². The third kappa shape index (κ3) is 2.65. The van der Waals surface area contributed by atoms with E-state index in [9.17, 15) is 0 Å². The number of methoxy groups -OCH3 is 1. The smallest absolute Gasteiger partial charge is 0.133 e. The van der Waals surface area contributed by atoms with E-state index in [2.05, 4.69) is 15.9 Å². The van der Waals surface area contributed by atoms with Gasteiger partial charge in [0.2, 0.25) is 0 Å². The highest BCUT2D eigenvalue weighted by Crippen LogP contribution is 2.34. The number of rotatable bonds is 3. The maximum Gasteiger partial charge on any atom is 0.133 e. The lowest BCUT2D eigenvalue weighted by atomic mass is 10.1. The van der Waals surface area contributed by atoms with E-state index in [-0.39, 0.29) is 6.04 Å². The molecule has 0 amide bonds. The topological polar surface area (TPSA) is 35.2 Å². The van der Waals surface area contributed by atoms with Crippen molar-refractivity contribution in [2.24, 2.45) is 5.73 Å². The fourth-order valence-electron chi connectivity index (χ4n) is 1.55. The highest BCUT2D eigenvalue weighted by molar-refractivity contribution is 9.10. The quantitative estimate of drug-likeness (QED) is 0.913. The molecule has 90 valence electrons. The third-order valence-corrected chi connectivity index (χ3v) is 4.52. The number of hydrogen-bond acceptors (Lipinski definition) is 3. The molecule has 1 heterocycles. The lowest BCUT2D eigenvalue weighted by molar-refractivity contribution is 0.412. The number of nitrogens with two attached hydrogens (primary N) is 1. The first-order valence-electron chi connectivity index (χ1n) is 4.95. The van der Waals surface area contributed by atoms with Crippen LogP contribution in [0.3, 0.4) is 0 Å². The summed E-state index contributed by atoms with van der Waals surface area (Å²) < 4.78 is 6.07. The Labute approximate surface area is 117 Å². The molecule has 1 atom stereocenters. The molecular weight excluding hydrogens is 322 g/mol. The van der Waals surface area contributed by atoms with E-state index >= 15 is 0 Å². The van der Waals surface area contributed by atoms with Gasteiger partial charge in [-0.25, -0.2) is 0 Å². The summed E-state index contributed by atoms with van der Waals surface area (Å²) in [5.74, 6) is 0.790. The van der Waals surface area contributed by atoms with E-state index in [0.29, 0.717) is 0 Å². The molecule has 0 aliphatic rings. The molecule has 0 bridgehead atoms. The van der Waals surface area contributed by atoms with Crippen molar-refractivity contribution in [2.45, 2.75) is 6.04 Å². The Morgan fingerprint density at radius 2 is 2.18 bits per heavy atom. The molecule has 1 unspecified atom stereocenters. The van der Waals surface area contributed by atoms with Crippen LogP contribution in [-0.2, 0) is 0 Å². The largest absolute Gasteiger partial charge is 0.496 e. The van der Waals surface area contributed by atoms with Gasteiger partial charge >= 0.3 is 0 Å². The zero-order valence-electron chi connectivity index (χ0n) is 9.11. The van der Waals surface area contributed by atoms with Crippen LogP contribution >= 0.6 is 38.9 Å². The van der Waals surface area contributed by atoms with Crippen molar-refractivity contribution in [1.82, 2.24) is 0 Å². The highest BCUT2D eigenvalue weighted by atomic mass is 79.9. The molecule has 0 aliphatic heterocycles. The molecule has 1 aromatic carbocycles. The highest BCUT2D eigenvalue weighted by Gasteiger charge is 2.15. The third-order valence-electron chi connectivity index (χ3n) is 2.46. The van der Waals surface area contributed by atoms with E-state index < -0.39 is 0 Å². The van der Waals surface area contributed by atoms with Crippen LogP contribution in [0.15, 0.2) is 34.1 Å². The van der Waals surface area contributed by atoms with E-state index in [4.69, 9.17) is 22.1 Å². The minimum atomic E-state index is -0.204. The van der Waals surface area contributed by atoms with Crippen LogP contribution < -0.4 is 10.5 Å². The van der Waals surface area contributed by atoms with Crippen LogP contribution in [0.2, 0.25) is 5.02 Å². The lowest BCUT2D eigenvalue weighted by Crippen LogP contribution is -2.10. The Morgan fingerprint density at radius 1 is 1.41 bits per heavy atom. The summed E-state index contributed by atoms with van der Waals surface area (Å²) in [6.45, 7) is 0. The number of ether oxygens (including phenoxy) is 1. The minimum Gasteiger partial charge on any atom is -0.496 e. The molecule has 0 fully saturated rings. The molecule has 0 saturated heterocycles. The summed E-state index contributed by atoms with van der Waals surface area (Å²) in [7, 11) is 1.63. The Hall–Kier alpha value is -0.550. The first-order chi connectivity index (χ1) is 8.13. The van der Waals surface area contributed by atoms with Crippen molar-refractivity contribution in [3.8, 4) is 5.75 Å². The molecular formula is C12H11BrClNOS. The first kappa shape index (κ1) is 12.9. The zero-order chi connectivity index (χ0) is 12.4. The second-order valence-corrected chi connectivity index (χ2v) is 5.71. The SMILES string of the molecule is COc1ccc(C(N)c2sccc2Cl)cc1Br. The Kier molecular flexibility index (Phi) is 4.09. The van der Waals surface area contributed by atoms with E-state index in [1.54, 1.807) is 18.4 Å². The molecule has 0 saturated carbocycles. The maximum absolute atomic E-state index is 6.19. The van der Waals surface area contributed by atoms with Crippen molar-refractivity contribution >= 4 is 38.9 Å². The van der Waals surface area contributed by atoms with Gasteiger partial charge in [0.05, 0.1) is 22.6 Å². The predicted molar refractivity (Wildman–Crippen MR) is 76.1 cm³/mol. The van der Waals surface area contributed by atoms with Gasteiger partial charge in [-0.2, -0.15) is 0 Å². The summed E-state index contributed by atoms with van der Waals surface area (Å²) in [5.41, 5.74) is 7.19. The Balaban J connectivity index is 2.35. The molecule has 0 aliphatic carbocycles. The summed E-state index contributed by atoms with van der Waals surface area (Å²) in [4.78, 5) is 0.976. The molecule has 2 rings (SSSR count). The fraction of sp³-hybridized carbons (Fsp3) is 0.167. The molecule has 17 heavy (non-hydrogen) atoms. The summed E-state index contributed by atoms with van der Waals surface area (Å²) in [5, 5.41) is 2.66. The van der Waals surface area contributed by atoms with Gasteiger partial charge in [0.1, 0.15) is 5.75 Å². The number of benzene rings is 1. The molecule has 1 aromatic heterocycles. The van der Waals surface area contributed by atoms with Gasteiger partial charge in [0, 0.05) is 4.88 Å². The summed E-state index contributed by atoms with van der Waals surface area (Å²) in [6, 6.07) is 7.45. The van der Waals surface area contributed by atoms with Gasteiger partial charge in [-0.15, -0.1) is 11.3 Å². The van der Waals surface area contributed by atoms with E-state index in [0.717, 1.165) is 25.7 Å². The molecule has 2 N–H and O–H groups in total. The van der Waals surface area contributed by atoms with Gasteiger partial charge in [0.25, 0.3) is 0 Å². The number of hydrogen-bond donors (Lipinski definition) is 1. The zero-order valence-corrected chi connectivity index (χ0v) is 12.3. The van der Waals surface area contributed by atoms with Crippen molar-refractivity contribution in [3.05, 3.63) is 49.6 Å². The second kappa shape index (κ2) is 5.40. The minimum absolute atomic E-state index is 0.204. The van der Waals surface area contributed by atoms with Crippen molar-refractivity contribution < 1.29 is 4.74 Å². The fourth-order valence-corrected chi connectivity index (χ4v) is 3.32. The van der Waals surface area contributed by atoms with Gasteiger partial charge in [-0.3, -0.25) is 0 Å². The van der Waals surface area contributed by atoms with Gasteiger partial charge in [-0.05, 0) is 45.1 Å². The van der Waals surface area contributed by atoms with E-state index in [1.165, 1.54) is 0 Å². The summed E-state index contributed by atoms with van der Waals surface area (Å²) in [6.07, 6.45) is 0. The van der Waals surface area contributed by atoms with Gasteiger partial charge < -0.3 is 10.5 Å². The molecule has 2 aromatic rings. The molecule has 5 heteroatoms. The lowest BCUT2D eigenvalue weighted by Gasteiger charge is -2.12. The van der Waals surface area contributed by atoms with Gasteiger partial charge in [0.15, 0.2) is 0 Å². The van der Waals surface area contributed by atoms with Crippen LogP contribution in [0.25, 0.3) is 0 Å². The number of halogens is 2. The summed E-state index contributed by atoms with van der Waals surface area (Å²) >= 11 is 11.1. The molecule has 0 spiro atoms. The number of thiophene rings is 1. The van der Waals surface area contributed by atoms with Gasteiger partial charge in [-0.1, -0.05) is 17.7 Å². The van der Waals surface area contributed by atoms with Crippen LogP contribution in [0.4, 0.5) is 0 Å². The van der Waals surface area contributed by atoms with Crippen LogP contribution in [0.1, 0.15) is 16.5 Å². The van der Waals surface area contributed by atoms with Crippen LogP contribution in [-0.4, -0.2) is 7.11 Å². The van der Waals surface area contributed by atoms with Crippen molar-refractivity contribution in [1.29, 1.82) is 0 Å². The predicted octanol–water partition coefficient (Wildman–Crippen LogP) is 4.22. The van der Waals surface area contributed by atoms with E-state index in [1.807, 2.05) is 29.6 Å². The first-order valence-corrected chi connectivity index (χ1v) is 7.00. The standard InChI is InChI=1S/C12H11BrClNOS/c1-16-10-3-2-7(6-8(10)13)11(15)12-9(14)4-5-17-12/h2-6,11H,15H2,1H3. The average Bonchev–Trinajstić information content (AvgIpc) is 2.74. The normalized spacial score (nSPS) is 12.5. The Morgan fingerprint density at radius 3 is 2.71 bits per heavy atom.